The third-order valence-electron chi connectivity index (χ3n) is 1.17. The normalized spacial score (nSPS) is 12.1. The molecule has 0 spiro atoms. The molecule has 64 valence electrons. The maximum absolute atomic E-state index is 10.1. The first-order valence-corrected chi connectivity index (χ1v) is 3.04. The Bertz CT molecular complexity index is 157. The molecule has 0 aromatic heterocycles. The molecule has 1 atom stereocenters. The summed E-state index contributed by atoms with van der Waals surface area (Å²) >= 11 is 0. The van der Waals surface area contributed by atoms with E-state index in [0.29, 0.717) is 0 Å². The summed E-state index contributed by atoms with van der Waals surface area (Å²) in [7, 11) is 0. The molecule has 0 bridgehead atoms. The average molecular weight is 163 g/mol. The van der Waals surface area contributed by atoms with Crippen LogP contribution in [0.3, 0.4) is 0 Å². The Morgan fingerprint density at radius 3 is 2.73 bits per heavy atom. The van der Waals surface area contributed by atoms with Crippen molar-refractivity contribution < 1.29 is 19.8 Å². The summed E-state index contributed by atoms with van der Waals surface area (Å²) < 4.78 is 0. The highest BCUT2D eigenvalue weighted by molar-refractivity contribution is 5.69. The molecular formula is C5H9NO5. The van der Waals surface area contributed by atoms with E-state index in [0.717, 1.165) is 0 Å². The van der Waals surface area contributed by atoms with Gasteiger partial charge in [0.05, 0.1) is 12.5 Å². The largest absolute Gasteiger partial charge is 0.481 e. The fourth-order valence-corrected chi connectivity index (χ4v) is 0.427. The highest BCUT2D eigenvalue weighted by atomic mass is 16.9. The number of hydrogen-bond acceptors (Lipinski definition) is 4. The summed E-state index contributed by atoms with van der Waals surface area (Å²) in [5.74, 6) is -1.58. The highest BCUT2D eigenvalue weighted by Crippen LogP contribution is 2.00. The van der Waals surface area contributed by atoms with E-state index in [4.69, 9.17) is 5.11 Å². The Labute approximate surface area is 62.9 Å². The first-order valence-electron chi connectivity index (χ1n) is 3.04. The smallest absolute Gasteiger partial charge is 0.306 e. The molecule has 1 unspecified atom stereocenters. The van der Waals surface area contributed by atoms with Gasteiger partial charge >= 0.3 is 5.97 Å². The number of carboxylic acids is 1. The number of nitrogens with zero attached hydrogens (tertiary/aromatic N) is 1. The van der Waals surface area contributed by atoms with E-state index in [2.05, 4.69) is 4.84 Å². The maximum Gasteiger partial charge on any atom is 0.306 e. The molecule has 0 radical (unpaired) electrons. The van der Waals surface area contributed by atoms with Crippen LogP contribution < -0.4 is 0 Å². The third kappa shape index (κ3) is 5.13. The minimum Gasteiger partial charge on any atom is -0.481 e. The Balaban J connectivity index is 3.39. The van der Waals surface area contributed by atoms with Crippen LogP contribution in [-0.4, -0.2) is 22.8 Å². The third-order valence-corrected chi connectivity index (χ3v) is 1.17. The Morgan fingerprint density at radius 2 is 2.36 bits per heavy atom. The Morgan fingerprint density at radius 1 is 1.82 bits per heavy atom. The van der Waals surface area contributed by atoms with Crippen molar-refractivity contribution in [2.75, 3.05) is 6.61 Å². The zero-order chi connectivity index (χ0) is 8.85. The molecular weight excluding hydrogens is 154 g/mol. The lowest BCUT2D eigenvalue weighted by molar-refractivity contribution is -0.758. The van der Waals surface area contributed by atoms with Gasteiger partial charge in [0.2, 0.25) is 0 Å². The van der Waals surface area contributed by atoms with E-state index in [-0.39, 0.29) is 13.0 Å². The topological polar surface area (TPSA) is 89.7 Å². The molecule has 0 aliphatic rings. The fraction of sp³-hybridized carbons (Fsp3) is 0.800. The van der Waals surface area contributed by atoms with Crippen molar-refractivity contribution in [1.82, 2.24) is 0 Å². The van der Waals surface area contributed by atoms with E-state index in [9.17, 15) is 14.9 Å². The number of carbonyl (C=O) groups is 1. The average Bonchev–Trinajstić information content (AvgIpc) is 1.86. The molecule has 0 saturated carbocycles. The molecule has 6 nitrogen and oxygen atoms in total. The molecule has 0 aliphatic heterocycles. The van der Waals surface area contributed by atoms with Gasteiger partial charge in [-0.3, -0.25) is 4.79 Å². The molecule has 0 amide bonds. The number of carboxylic acid groups (broad SMARTS) is 1. The van der Waals surface area contributed by atoms with Gasteiger partial charge in [0.25, 0.3) is 5.09 Å². The van der Waals surface area contributed by atoms with Crippen molar-refractivity contribution in [3.63, 3.8) is 0 Å². The minimum atomic E-state index is -0.975. The second-order valence-corrected chi connectivity index (χ2v) is 2.08. The molecule has 0 aliphatic carbocycles. The van der Waals surface area contributed by atoms with Gasteiger partial charge in [-0.1, -0.05) is 6.92 Å². The summed E-state index contributed by atoms with van der Waals surface area (Å²) in [6, 6.07) is 0. The van der Waals surface area contributed by atoms with Crippen LogP contribution in [0.15, 0.2) is 0 Å². The molecule has 0 rings (SSSR count). The first kappa shape index (κ1) is 9.67. The minimum absolute atomic E-state index is 0.149. The van der Waals surface area contributed by atoms with Crippen molar-refractivity contribution in [2.24, 2.45) is 5.92 Å². The van der Waals surface area contributed by atoms with Gasteiger partial charge < -0.3 is 9.94 Å². The van der Waals surface area contributed by atoms with Crippen LogP contribution in [0, 0.1) is 16.0 Å². The van der Waals surface area contributed by atoms with Crippen LogP contribution in [0.4, 0.5) is 0 Å². The van der Waals surface area contributed by atoms with Gasteiger partial charge in [0.1, 0.15) is 0 Å². The molecule has 0 fully saturated rings. The van der Waals surface area contributed by atoms with Gasteiger partial charge in [-0.05, 0) is 6.42 Å². The maximum atomic E-state index is 10.1. The van der Waals surface area contributed by atoms with Crippen LogP contribution in [0.5, 0.6) is 0 Å². The van der Waals surface area contributed by atoms with Crippen molar-refractivity contribution >= 4 is 5.97 Å². The SMILES string of the molecule is CC(CCO[N+](=O)[O-])C(=O)O. The molecule has 0 aromatic carbocycles. The van der Waals surface area contributed by atoms with Crippen molar-refractivity contribution in [3.05, 3.63) is 10.1 Å². The van der Waals surface area contributed by atoms with Crippen LogP contribution >= 0.6 is 0 Å². The molecule has 0 saturated heterocycles. The predicted molar refractivity (Wildman–Crippen MR) is 34.4 cm³/mol. The van der Waals surface area contributed by atoms with Gasteiger partial charge in [-0.15, -0.1) is 10.1 Å². The number of aliphatic carboxylic acids is 1. The second-order valence-electron chi connectivity index (χ2n) is 2.08. The van der Waals surface area contributed by atoms with E-state index >= 15 is 0 Å². The van der Waals surface area contributed by atoms with Crippen molar-refractivity contribution in [2.45, 2.75) is 13.3 Å². The molecule has 1 N–H and O–H groups in total. The van der Waals surface area contributed by atoms with Crippen LogP contribution in [0.2, 0.25) is 0 Å². The van der Waals surface area contributed by atoms with Gasteiger partial charge in [0.15, 0.2) is 0 Å². The zero-order valence-corrected chi connectivity index (χ0v) is 6.02. The first-order chi connectivity index (χ1) is 5.04. The summed E-state index contributed by atoms with van der Waals surface area (Å²) in [6.07, 6.45) is 0.149. The summed E-state index contributed by atoms with van der Waals surface area (Å²) in [5, 5.41) is 17.0. The van der Waals surface area contributed by atoms with Crippen LogP contribution in [0.1, 0.15) is 13.3 Å². The highest BCUT2D eigenvalue weighted by Gasteiger charge is 2.10. The molecule has 0 heterocycles. The molecule has 6 heteroatoms. The Kier molecular flexibility index (Phi) is 3.94. The monoisotopic (exact) mass is 163 g/mol. The van der Waals surface area contributed by atoms with E-state index < -0.39 is 17.0 Å². The predicted octanol–water partition coefficient (Wildman–Crippen LogP) is 0.305. The van der Waals surface area contributed by atoms with E-state index in [1.165, 1.54) is 6.92 Å². The lowest BCUT2D eigenvalue weighted by Gasteiger charge is -2.02. The Hall–Kier alpha value is -1.33. The van der Waals surface area contributed by atoms with Crippen LogP contribution in [-0.2, 0) is 9.63 Å². The van der Waals surface area contributed by atoms with Gasteiger partial charge in [0, 0.05) is 0 Å². The lowest BCUT2D eigenvalue weighted by atomic mass is 10.1. The van der Waals surface area contributed by atoms with Crippen LogP contribution in [0.25, 0.3) is 0 Å². The lowest BCUT2D eigenvalue weighted by Crippen LogP contribution is -2.13. The van der Waals surface area contributed by atoms with Gasteiger partial charge in [-0.2, -0.15) is 0 Å². The summed E-state index contributed by atoms with van der Waals surface area (Å²) in [5.41, 5.74) is 0. The van der Waals surface area contributed by atoms with E-state index in [1.807, 2.05) is 0 Å². The van der Waals surface area contributed by atoms with Gasteiger partial charge in [-0.25, -0.2) is 0 Å². The molecule has 11 heavy (non-hydrogen) atoms. The van der Waals surface area contributed by atoms with E-state index in [1.54, 1.807) is 0 Å². The standard InChI is InChI=1S/C5H9NO5/c1-4(5(7)8)2-3-11-6(9)10/h4H,2-3H2,1H3,(H,7,8). The summed E-state index contributed by atoms with van der Waals surface area (Å²) in [4.78, 5) is 23.7. The number of hydrogen-bond donors (Lipinski definition) is 1. The second kappa shape index (κ2) is 4.48. The zero-order valence-electron chi connectivity index (χ0n) is 6.02. The van der Waals surface area contributed by atoms with Crippen molar-refractivity contribution in [3.8, 4) is 0 Å². The molecule has 0 aromatic rings. The number of rotatable bonds is 5. The fourth-order valence-electron chi connectivity index (χ4n) is 0.427. The summed E-state index contributed by atoms with van der Waals surface area (Å²) in [6.45, 7) is 1.30. The van der Waals surface area contributed by atoms with Crippen molar-refractivity contribution in [1.29, 1.82) is 0 Å². The quantitative estimate of drug-likeness (QED) is 0.465.